The Bertz CT molecular complexity index is 825. The van der Waals surface area contributed by atoms with Crippen LogP contribution in [0.4, 0.5) is 5.82 Å². The average Bonchev–Trinajstić information content (AvgIpc) is 3.38. The molecule has 0 aliphatic heterocycles. The summed E-state index contributed by atoms with van der Waals surface area (Å²) in [5.41, 5.74) is 2.21. The second-order valence-corrected chi connectivity index (χ2v) is 5.52. The van der Waals surface area contributed by atoms with E-state index in [1.165, 1.54) is 18.6 Å². The molecule has 1 aliphatic carbocycles. The molecule has 4 rings (SSSR count). The summed E-state index contributed by atoms with van der Waals surface area (Å²) in [5, 5.41) is 7.54. The molecule has 6 heteroatoms. The maximum atomic E-state index is 12.3. The first-order chi connectivity index (χ1) is 11.3. The van der Waals surface area contributed by atoms with Gasteiger partial charge in [0, 0.05) is 24.4 Å². The lowest BCUT2D eigenvalue weighted by atomic mass is 10.3. The van der Waals surface area contributed by atoms with Crippen LogP contribution in [0.5, 0.6) is 0 Å². The molecule has 23 heavy (non-hydrogen) atoms. The fourth-order valence-corrected chi connectivity index (χ4v) is 2.43. The van der Waals surface area contributed by atoms with Crippen LogP contribution in [0.3, 0.4) is 0 Å². The first-order valence-corrected chi connectivity index (χ1v) is 7.54. The molecule has 1 aliphatic rings. The van der Waals surface area contributed by atoms with Crippen molar-refractivity contribution < 1.29 is 4.79 Å². The second-order valence-electron chi connectivity index (χ2n) is 5.52. The molecule has 1 fully saturated rings. The topological polar surface area (TPSA) is 72.7 Å². The molecular weight excluding hydrogens is 290 g/mol. The van der Waals surface area contributed by atoms with Gasteiger partial charge in [0.2, 0.25) is 0 Å². The van der Waals surface area contributed by atoms with Gasteiger partial charge < -0.3 is 5.32 Å². The van der Waals surface area contributed by atoms with E-state index in [4.69, 9.17) is 0 Å². The zero-order valence-corrected chi connectivity index (χ0v) is 12.4. The summed E-state index contributed by atoms with van der Waals surface area (Å²) in [6.45, 7) is 0. The second kappa shape index (κ2) is 5.64. The largest absolute Gasteiger partial charge is 0.305 e. The van der Waals surface area contributed by atoms with E-state index in [0.29, 0.717) is 11.7 Å². The van der Waals surface area contributed by atoms with Crippen molar-refractivity contribution in [2.75, 3.05) is 5.32 Å². The van der Waals surface area contributed by atoms with Gasteiger partial charge in [0.15, 0.2) is 0 Å². The molecule has 0 spiro atoms. The molecule has 2 heterocycles. The predicted octanol–water partition coefficient (Wildman–Crippen LogP) is 2.79. The lowest BCUT2D eigenvalue weighted by Gasteiger charge is -2.08. The van der Waals surface area contributed by atoms with Gasteiger partial charge in [-0.3, -0.25) is 9.78 Å². The fraction of sp³-hybridized carbons (Fsp3) is 0.176. The van der Waals surface area contributed by atoms with Gasteiger partial charge in [-0.05, 0) is 25.0 Å². The highest BCUT2D eigenvalue weighted by Crippen LogP contribution is 2.40. The number of hydrogen-bond donors (Lipinski definition) is 1. The summed E-state index contributed by atoms with van der Waals surface area (Å²) >= 11 is 0. The zero-order valence-electron chi connectivity index (χ0n) is 12.4. The summed E-state index contributed by atoms with van der Waals surface area (Å²) in [6, 6.07) is 11.7. The van der Waals surface area contributed by atoms with Gasteiger partial charge in [-0.25, -0.2) is 9.67 Å². The van der Waals surface area contributed by atoms with Crippen LogP contribution in [0.25, 0.3) is 5.69 Å². The highest BCUT2D eigenvalue weighted by Gasteiger charge is 2.28. The molecule has 6 nitrogen and oxygen atoms in total. The van der Waals surface area contributed by atoms with Crippen LogP contribution in [0.15, 0.2) is 55.0 Å². The number of para-hydroxylation sites is 1. The van der Waals surface area contributed by atoms with Gasteiger partial charge in [-0.1, -0.05) is 18.2 Å². The molecule has 0 unspecified atom stereocenters. The van der Waals surface area contributed by atoms with E-state index >= 15 is 0 Å². The minimum Gasteiger partial charge on any atom is -0.305 e. The molecule has 1 amide bonds. The number of anilines is 1. The fourth-order valence-electron chi connectivity index (χ4n) is 2.43. The summed E-state index contributed by atoms with van der Waals surface area (Å²) in [5.74, 6) is 0.860. The van der Waals surface area contributed by atoms with Crippen molar-refractivity contribution in [2.24, 2.45) is 0 Å². The number of nitrogens with zero attached hydrogens (tertiary/aromatic N) is 4. The highest BCUT2D eigenvalue weighted by molar-refractivity contribution is 6.02. The van der Waals surface area contributed by atoms with Crippen molar-refractivity contribution in [1.82, 2.24) is 19.7 Å². The van der Waals surface area contributed by atoms with Crippen LogP contribution in [0, 0.1) is 0 Å². The van der Waals surface area contributed by atoms with Gasteiger partial charge in [0.25, 0.3) is 5.91 Å². The molecule has 2 aromatic heterocycles. The Kier molecular flexibility index (Phi) is 3.34. The lowest BCUT2D eigenvalue weighted by Crippen LogP contribution is -2.16. The first-order valence-electron chi connectivity index (χ1n) is 7.54. The monoisotopic (exact) mass is 305 g/mol. The van der Waals surface area contributed by atoms with E-state index in [1.807, 2.05) is 36.4 Å². The summed E-state index contributed by atoms with van der Waals surface area (Å²) < 4.78 is 1.77. The number of carbonyl (C=O) groups excluding carboxylic acids is 1. The van der Waals surface area contributed by atoms with Gasteiger partial charge >= 0.3 is 0 Å². The maximum Gasteiger partial charge on any atom is 0.277 e. The number of amides is 1. The van der Waals surface area contributed by atoms with Crippen LogP contribution in [-0.2, 0) is 0 Å². The molecule has 0 radical (unpaired) electrons. The third-order valence-corrected chi connectivity index (χ3v) is 3.76. The number of carbonyl (C=O) groups is 1. The predicted molar refractivity (Wildman–Crippen MR) is 85.5 cm³/mol. The number of benzene rings is 1. The van der Waals surface area contributed by atoms with Gasteiger partial charge in [0.1, 0.15) is 11.5 Å². The average molecular weight is 305 g/mol. The Morgan fingerprint density at radius 1 is 1.17 bits per heavy atom. The van der Waals surface area contributed by atoms with Crippen molar-refractivity contribution in [3.05, 3.63) is 66.4 Å². The van der Waals surface area contributed by atoms with E-state index in [2.05, 4.69) is 20.4 Å². The highest BCUT2D eigenvalue weighted by atomic mass is 16.2. The molecule has 3 aromatic rings. The minimum absolute atomic E-state index is 0.279. The van der Waals surface area contributed by atoms with Crippen molar-refractivity contribution in [2.45, 2.75) is 18.8 Å². The van der Waals surface area contributed by atoms with E-state index < -0.39 is 0 Å². The van der Waals surface area contributed by atoms with E-state index in [-0.39, 0.29) is 11.6 Å². The van der Waals surface area contributed by atoms with E-state index in [0.717, 1.165) is 24.2 Å². The Balaban J connectivity index is 1.68. The molecule has 1 aromatic carbocycles. The summed E-state index contributed by atoms with van der Waals surface area (Å²) in [6.07, 6.45) is 6.79. The molecule has 1 N–H and O–H groups in total. The van der Waals surface area contributed by atoms with Crippen LogP contribution in [0.2, 0.25) is 0 Å². The normalized spacial score (nSPS) is 13.7. The Hall–Kier alpha value is -3.02. The number of rotatable bonds is 4. The molecule has 0 bridgehead atoms. The minimum atomic E-state index is -0.294. The Morgan fingerprint density at radius 3 is 2.70 bits per heavy atom. The lowest BCUT2D eigenvalue weighted by molar-refractivity contribution is 0.102. The van der Waals surface area contributed by atoms with Crippen molar-refractivity contribution in [3.8, 4) is 5.69 Å². The number of nitrogens with one attached hydrogen (secondary N) is 1. The van der Waals surface area contributed by atoms with E-state index in [9.17, 15) is 4.79 Å². The number of hydrogen-bond acceptors (Lipinski definition) is 4. The molecule has 0 saturated heterocycles. The van der Waals surface area contributed by atoms with Gasteiger partial charge in [-0.2, -0.15) is 5.10 Å². The summed E-state index contributed by atoms with van der Waals surface area (Å²) in [4.78, 5) is 20.3. The Morgan fingerprint density at radius 2 is 2.00 bits per heavy atom. The third-order valence-electron chi connectivity index (χ3n) is 3.76. The smallest absolute Gasteiger partial charge is 0.277 e. The number of aromatic nitrogens is 4. The standard InChI is InChI=1S/C17H15N5O/c23-17(15-11-18-8-9-19-15)20-16-10-14(12-6-7-12)21-22(16)13-4-2-1-3-5-13/h1-5,8-12H,6-7H2,(H,20,23). The van der Waals surface area contributed by atoms with Gasteiger partial charge in [-0.15, -0.1) is 0 Å². The molecule has 114 valence electrons. The van der Waals surface area contributed by atoms with Crippen LogP contribution in [0.1, 0.15) is 34.9 Å². The van der Waals surface area contributed by atoms with Crippen molar-refractivity contribution in [3.63, 3.8) is 0 Å². The quantitative estimate of drug-likeness (QED) is 0.804. The zero-order chi connectivity index (χ0) is 15.6. The Labute approximate surface area is 133 Å². The SMILES string of the molecule is O=C(Nc1cc(C2CC2)nn1-c1ccccc1)c1cnccn1. The van der Waals surface area contributed by atoms with Gasteiger partial charge in [0.05, 0.1) is 17.6 Å². The van der Waals surface area contributed by atoms with Crippen molar-refractivity contribution in [1.29, 1.82) is 0 Å². The van der Waals surface area contributed by atoms with Crippen LogP contribution >= 0.6 is 0 Å². The first kappa shape index (κ1) is 13.6. The van der Waals surface area contributed by atoms with Crippen LogP contribution in [-0.4, -0.2) is 25.7 Å². The van der Waals surface area contributed by atoms with Crippen LogP contribution < -0.4 is 5.32 Å². The van der Waals surface area contributed by atoms with E-state index in [1.54, 1.807) is 4.68 Å². The maximum absolute atomic E-state index is 12.3. The molecule has 1 saturated carbocycles. The molecule has 0 atom stereocenters. The van der Waals surface area contributed by atoms with Crippen molar-refractivity contribution >= 4 is 11.7 Å². The third kappa shape index (κ3) is 2.83. The molecular formula is C17H15N5O. The summed E-state index contributed by atoms with van der Waals surface area (Å²) in [7, 11) is 0.